The topological polar surface area (TPSA) is 68.2 Å². The lowest BCUT2D eigenvalue weighted by Gasteiger charge is -2.07. The number of nitrogens with one attached hydrogen (secondary N) is 1. The molecule has 3 aromatic rings. The number of sulfonamides is 1. The van der Waals surface area contributed by atoms with E-state index in [4.69, 9.17) is 23.2 Å². The molecule has 0 amide bonds. The highest BCUT2D eigenvalue weighted by molar-refractivity contribution is 7.98. The normalized spacial score (nSPS) is 12.0. The second kappa shape index (κ2) is 8.55. The first-order valence-corrected chi connectivity index (χ1v) is 12.1. The van der Waals surface area contributed by atoms with E-state index in [1.54, 1.807) is 30.9 Å². The molecule has 1 aromatic heterocycles. The highest BCUT2D eigenvalue weighted by Crippen LogP contribution is 2.25. The van der Waals surface area contributed by atoms with Crippen molar-refractivity contribution < 1.29 is 8.42 Å². The molecule has 0 aliphatic carbocycles. The summed E-state index contributed by atoms with van der Waals surface area (Å²) in [4.78, 5) is 11.7. The maximum Gasteiger partial charge on any atom is 0.307 e. The van der Waals surface area contributed by atoms with Gasteiger partial charge in [0.2, 0.25) is 10.0 Å². The van der Waals surface area contributed by atoms with Crippen LogP contribution in [-0.4, -0.2) is 25.3 Å². The molecule has 3 rings (SSSR count). The number of thiazole rings is 1. The van der Waals surface area contributed by atoms with Crippen molar-refractivity contribution in [2.45, 2.75) is 10.6 Å². The van der Waals surface area contributed by atoms with E-state index >= 15 is 0 Å². The molecule has 144 valence electrons. The number of halogens is 2. The average Bonchev–Trinajstić information content (AvgIpc) is 2.91. The van der Waals surface area contributed by atoms with E-state index in [-0.39, 0.29) is 9.77 Å². The first-order chi connectivity index (χ1) is 12.8. The molecule has 10 heteroatoms. The van der Waals surface area contributed by atoms with Crippen LogP contribution in [0, 0.1) is 0 Å². The van der Waals surface area contributed by atoms with E-state index < -0.39 is 10.0 Å². The lowest BCUT2D eigenvalue weighted by Crippen LogP contribution is -2.26. The summed E-state index contributed by atoms with van der Waals surface area (Å²) in [5.74, 6) is 1.32. The Bertz CT molecular complexity index is 1140. The van der Waals surface area contributed by atoms with Crippen molar-refractivity contribution in [2.75, 3.05) is 12.3 Å². The molecule has 0 fully saturated rings. The van der Waals surface area contributed by atoms with E-state index in [1.165, 1.54) is 16.7 Å². The number of hydrogen-bond acceptors (Lipinski definition) is 5. The fourth-order valence-electron chi connectivity index (χ4n) is 2.43. The van der Waals surface area contributed by atoms with E-state index in [0.29, 0.717) is 32.8 Å². The molecule has 1 N–H and O–H groups in total. The average molecular weight is 463 g/mol. The van der Waals surface area contributed by atoms with Gasteiger partial charge in [-0.05, 0) is 35.9 Å². The van der Waals surface area contributed by atoms with Gasteiger partial charge in [0.1, 0.15) is 0 Å². The summed E-state index contributed by atoms with van der Waals surface area (Å²) >= 11 is 14.5. The van der Waals surface area contributed by atoms with Gasteiger partial charge in [-0.1, -0.05) is 40.6 Å². The standard InChI is InChI=1S/C17H16Cl2N2O3S3/c1-21-15-5-3-12(9-16(15)26-17(21)22)27(23,24)20-6-7-25-10-11-2-4-13(18)14(19)8-11/h2-5,8-9,20H,6-7,10H2,1H3. The molecular weight excluding hydrogens is 447 g/mol. The van der Waals surface area contributed by atoms with Crippen LogP contribution in [0.25, 0.3) is 10.2 Å². The predicted octanol–water partition coefficient (Wildman–Crippen LogP) is 4.12. The number of hydrogen-bond donors (Lipinski definition) is 1. The van der Waals surface area contributed by atoms with Crippen molar-refractivity contribution in [1.29, 1.82) is 0 Å². The Balaban J connectivity index is 1.57. The number of thioether (sulfide) groups is 1. The van der Waals surface area contributed by atoms with Gasteiger partial charge in [0.05, 0.1) is 25.2 Å². The molecule has 1 heterocycles. The minimum atomic E-state index is -3.62. The smallest absolute Gasteiger partial charge is 0.302 e. The predicted molar refractivity (Wildman–Crippen MR) is 115 cm³/mol. The highest BCUT2D eigenvalue weighted by Gasteiger charge is 2.15. The number of rotatable bonds is 7. The number of nitrogens with zero attached hydrogens (tertiary/aromatic N) is 1. The summed E-state index contributed by atoms with van der Waals surface area (Å²) in [6, 6.07) is 10.1. The van der Waals surface area contributed by atoms with Gasteiger partial charge >= 0.3 is 4.87 Å². The number of fused-ring (bicyclic) bond motifs is 1. The van der Waals surface area contributed by atoms with Crippen molar-refractivity contribution in [2.24, 2.45) is 7.05 Å². The van der Waals surface area contributed by atoms with Crippen molar-refractivity contribution in [1.82, 2.24) is 9.29 Å². The second-order valence-corrected chi connectivity index (χ2v) is 10.4. The molecule has 0 saturated carbocycles. The van der Waals surface area contributed by atoms with Gasteiger partial charge in [-0.2, -0.15) is 11.8 Å². The van der Waals surface area contributed by atoms with E-state index in [9.17, 15) is 13.2 Å². The molecule has 0 atom stereocenters. The quantitative estimate of drug-likeness (QED) is 0.536. The van der Waals surface area contributed by atoms with Crippen LogP contribution in [-0.2, 0) is 22.8 Å². The Hall–Kier alpha value is -1.03. The molecule has 5 nitrogen and oxygen atoms in total. The van der Waals surface area contributed by atoms with Gasteiger partial charge in [0.15, 0.2) is 0 Å². The Morgan fingerprint density at radius 2 is 1.93 bits per heavy atom. The first-order valence-electron chi connectivity index (χ1n) is 7.89. The van der Waals surface area contributed by atoms with Crippen LogP contribution in [0.3, 0.4) is 0 Å². The Morgan fingerprint density at radius 3 is 2.67 bits per heavy atom. The van der Waals surface area contributed by atoms with E-state index in [0.717, 1.165) is 22.4 Å². The van der Waals surface area contributed by atoms with E-state index in [2.05, 4.69) is 4.72 Å². The molecule has 0 unspecified atom stereocenters. The molecule has 0 aliphatic rings. The van der Waals surface area contributed by atoms with Crippen molar-refractivity contribution in [3.05, 3.63) is 61.7 Å². The summed E-state index contributed by atoms with van der Waals surface area (Å²) in [7, 11) is -1.95. The van der Waals surface area contributed by atoms with Gasteiger partial charge < -0.3 is 4.57 Å². The Kier molecular flexibility index (Phi) is 6.55. The lowest BCUT2D eigenvalue weighted by atomic mass is 10.2. The third kappa shape index (κ3) is 4.88. The fourth-order valence-corrected chi connectivity index (χ4v) is 5.74. The molecule has 0 aliphatic heterocycles. The summed E-state index contributed by atoms with van der Waals surface area (Å²) in [6.07, 6.45) is 0. The molecule has 27 heavy (non-hydrogen) atoms. The van der Waals surface area contributed by atoms with Crippen LogP contribution in [0.5, 0.6) is 0 Å². The summed E-state index contributed by atoms with van der Waals surface area (Å²) in [6.45, 7) is 0.303. The largest absolute Gasteiger partial charge is 0.307 e. The molecule has 2 aromatic carbocycles. The summed E-state index contributed by atoms with van der Waals surface area (Å²) < 4.78 is 29.6. The minimum absolute atomic E-state index is 0.119. The molecule has 0 radical (unpaired) electrons. The molecule has 0 bridgehead atoms. The van der Waals surface area contributed by atoms with Crippen LogP contribution in [0.1, 0.15) is 5.56 Å². The zero-order valence-electron chi connectivity index (χ0n) is 14.2. The Morgan fingerprint density at radius 1 is 1.15 bits per heavy atom. The monoisotopic (exact) mass is 462 g/mol. The van der Waals surface area contributed by atoms with Crippen molar-refractivity contribution in [3.8, 4) is 0 Å². The van der Waals surface area contributed by atoms with Gasteiger partial charge in [0.25, 0.3) is 0 Å². The summed E-state index contributed by atoms with van der Waals surface area (Å²) in [5, 5.41) is 1.02. The summed E-state index contributed by atoms with van der Waals surface area (Å²) in [5.41, 5.74) is 1.75. The third-order valence-electron chi connectivity index (χ3n) is 3.87. The van der Waals surface area contributed by atoms with Crippen LogP contribution in [0.4, 0.5) is 0 Å². The number of aryl methyl sites for hydroxylation is 1. The van der Waals surface area contributed by atoms with Gasteiger partial charge in [0, 0.05) is 25.1 Å². The zero-order valence-corrected chi connectivity index (χ0v) is 18.2. The SMILES string of the molecule is Cn1c(=O)sc2cc(S(=O)(=O)NCCSCc3ccc(Cl)c(Cl)c3)ccc21. The van der Waals surface area contributed by atoms with Crippen LogP contribution in [0.15, 0.2) is 46.1 Å². The van der Waals surface area contributed by atoms with Crippen molar-refractivity contribution in [3.63, 3.8) is 0 Å². The zero-order chi connectivity index (χ0) is 19.6. The van der Waals surface area contributed by atoms with E-state index in [1.807, 2.05) is 12.1 Å². The van der Waals surface area contributed by atoms with Gasteiger partial charge in [-0.15, -0.1) is 0 Å². The maximum absolute atomic E-state index is 12.5. The number of aromatic nitrogens is 1. The molecule has 0 spiro atoms. The van der Waals surface area contributed by atoms with Crippen LogP contribution >= 0.6 is 46.3 Å². The third-order valence-corrected chi connectivity index (χ3v) is 8.09. The van der Waals surface area contributed by atoms with Gasteiger partial charge in [-0.3, -0.25) is 4.79 Å². The molecule has 0 saturated heterocycles. The fraction of sp³-hybridized carbons (Fsp3) is 0.235. The molecular formula is C17H16Cl2N2O3S3. The number of benzene rings is 2. The van der Waals surface area contributed by atoms with Crippen molar-refractivity contribution >= 4 is 66.5 Å². The maximum atomic E-state index is 12.5. The first kappa shape index (κ1) is 20.7. The Labute approximate surface area is 175 Å². The van der Waals surface area contributed by atoms with Crippen LogP contribution < -0.4 is 9.60 Å². The van der Waals surface area contributed by atoms with Gasteiger partial charge in [-0.25, -0.2) is 13.1 Å². The highest BCUT2D eigenvalue weighted by atomic mass is 35.5. The van der Waals surface area contributed by atoms with Crippen LogP contribution in [0.2, 0.25) is 10.0 Å². The lowest BCUT2D eigenvalue weighted by molar-refractivity contribution is 0.584. The minimum Gasteiger partial charge on any atom is -0.302 e. The second-order valence-electron chi connectivity index (χ2n) is 5.76.